The molecule has 1 aromatic rings. The average molecular weight is 252 g/mol. The first-order valence-corrected chi connectivity index (χ1v) is 6.64. The highest BCUT2D eigenvalue weighted by atomic mass is 19.1. The van der Waals surface area contributed by atoms with Gasteiger partial charge in [-0.2, -0.15) is 0 Å². The molecule has 0 aromatic heterocycles. The molecule has 0 aliphatic rings. The Balaban J connectivity index is 2.96. The predicted octanol–water partition coefficient (Wildman–Crippen LogP) is 3.59. The second kappa shape index (κ2) is 6.74. The van der Waals surface area contributed by atoms with Gasteiger partial charge < -0.3 is 10.2 Å². The lowest BCUT2D eigenvalue weighted by Gasteiger charge is -2.26. The van der Waals surface area contributed by atoms with E-state index >= 15 is 0 Å². The van der Waals surface area contributed by atoms with Crippen LogP contribution in [0.3, 0.4) is 0 Å². The molecule has 1 unspecified atom stereocenters. The summed E-state index contributed by atoms with van der Waals surface area (Å²) in [7, 11) is 3.89. The van der Waals surface area contributed by atoms with Crippen LogP contribution in [0.15, 0.2) is 18.2 Å². The molecule has 0 saturated carbocycles. The van der Waals surface area contributed by atoms with E-state index in [2.05, 4.69) is 24.1 Å². The maximum Gasteiger partial charge on any atom is 0.130 e. The summed E-state index contributed by atoms with van der Waals surface area (Å²) in [4.78, 5) is 2.15. The molecule has 1 aromatic carbocycles. The molecular weight excluding hydrogens is 227 g/mol. The summed E-state index contributed by atoms with van der Waals surface area (Å²) in [5.74, 6) is 0.525. The molecule has 1 N–H and O–H groups in total. The van der Waals surface area contributed by atoms with Crippen LogP contribution in [-0.4, -0.2) is 20.6 Å². The van der Waals surface area contributed by atoms with E-state index in [0.29, 0.717) is 5.92 Å². The Morgan fingerprint density at radius 2 is 1.94 bits per heavy atom. The van der Waals surface area contributed by atoms with E-state index in [9.17, 15) is 4.39 Å². The van der Waals surface area contributed by atoms with Crippen molar-refractivity contribution in [3.8, 4) is 0 Å². The zero-order valence-corrected chi connectivity index (χ0v) is 12.1. The van der Waals surface area contributed by atoms with Crippen LogP contribution in [0.5, 0.6) is 0 Å². The minimum Gasteiger partial charge on any atom is -0.374 e. The predicted molar refractivity (Wildman–Crippen MR) is 76.6 cm³/mol. The SMILES string of the molecule is CNC(C)c1c(F)cccc1N(C)CCC(C)C. The molecule has 3 heteroatoms. The summed E-state index contributed by atoms with van der Waals surface area (Å²) in [6.07, 6.45) is 1.11. The normalized spacial score (nSPS) is 12.8. The number of hydrogen-bond acceptors (Lipinski definition) is 2. The van der Waals surface area contributed by atoms with Gasteiger partial charge in [0, 0.05) is 30.9 Å². The molecule has 0 bridgehead atoms. The average Bonchev–Trinajstić information content (AvgIpc) is 2.34. The van der Waals surface area contributed by atoms with Gasteiger partial charge in [-0.05, 0) is 38.4 Å². The zero-order valence-electron chi connectivity index (χ0n) is 12.1. The Bertz CT molecular complexity index is 377. The third-order valence-electron chi connectivity index (χ3n) is 3.35. The summed E-state index contributed by atoms with van der Waals surface area (Å²) in [5.41, 5.74) is 1.74. The van der Waals surface area contributed by atoms with E-state index in [0.717, 1.165) is 24.2 Å². The van der Waals surface area contributed by atoms with Crippen LogP contribution in [-0.2, 0) is 0 Å². The van der Waals surface area contributed by atoms with Crippen molar-refractivity contribution in [1.29, 1.82) is 0 Å². The Morgan fingerprint density at radius 1 is 1.28 bits per heavy atom. The molecule has 0 saturated heterocycles. The molecule has 18 heavy (non-hydrogen) atoms. The highest BCUT2D eigenvalue weighted by molar-refractivity contribution is 5.55. The van der Waals surface area contributed by atoms with Gasteiger partial charge in [0.15, 0.2) is 0 Å². The number of nitrogens with one attached hydrogen (secondary N) is 1. The Kier molecular flexibility index (Phi) is 5.60. The lowest BCUT2D eigenvalue weighted by atomic mass is 10.0. The topological polar surface area (TPSA) is 15.3 Å². The van der Waals surface area contributed by atoms with Crippen molar-refractivity contribution in [2.24, 2.45) is 5.92 Å². The van der Waals surface area contributed by atoms with Gasteiger partial charge in [-0.1, -0.05) is 19.9 Å². The van der Waals surface area contributed by atoms with Crippen LogP contribution in [0.4, 0.5) is 10.1 Å². The van der Waals surface area contributed by atoms with E-state index in [1.54, 1.807) is 6.07 Å². The second-order valence-electron chi connectivity index (χ2n) is 5.29. The fourth-order valence-electron chi connectivity index (χ4n) is 2.00. The maximum absolute atomic E-state index is 14.0. The molecule has 0 aliphatic heterocycles. The number of anilines is 1. The number of rotatable bonds is 6. The largest absolute Gasteiger partial charge is 0.374 e. The van der Waals surface area contributed by atoms with E-state index in [4.69, 9.17) is 0 Å². The van der Waals surface area contributed by atoms with Crippen LogP contribution in [0.1, 0.15) is 38.8 Å². The maximum atomic E-state index is 14.0. The van der Waals surface area contributed by atoms with E-state index in [-0.39, 0.29) is 11.9 Å². The monoisotopic (exact) mass is 252 g/mol. The molecule has 2 nitrogen and oxygen atoms in total. The van der Waals surface area contributed by atoms with E-state index in [1.165, 1.54) is 6.07 Å². The Labute approximate surface area is 110 Å². The molecule has 0 radical (unpaired) electrons. The van der Waals surface area contributed by atoms with Crippen molar-refractivity contribution < 1.29 is 4.39 Å². The number of hydrogen-bond donors (Lipinski definition) is 1. The van der Waals surface area contributed by atoms with Crippen molar-refractivity contribution in [2.75, 3.05) is 25.5 Å². The van der Waals surface area contributed by atoms with Crippen LogP contribution in [0, 0.1) is 11.7 Å². The first-order chi connectivity index (χ1) is 8.47. The highest BCUT2D eigenvalue weighted by Crippen LogP contribution is 2.28. The third kappa shape index (κ3) is 3.70. The van der Waals surface area contributed by atoms with Gasteiger partial charge in [0.1, 0.15) is 5.82 Å². The van der Waals surface area contributed by atoms with Gasteiger partial charge in [-0.25, -0.2) is 4.39 Å². The van der Waals surface area contributed by atoms with Crippen LogP contribution in [0.2, 0.25) is 0 Å². The van der Waals surface area contributed by atoms with Crippen LogP contribution < -0.4 is 10.2 Å². The standard InChI is InChI=1S/C15H25FN2/c1-11(2)9-10-18(5)14-8-6-7-13(16)15(14)12(3)17-4/h6-8,11-12,17H,9-10H2,1-5H3. The van der Waals surface area contributed by atoms with Crippen LogP contribution >= 0.6 is 0 Å². The summed E-state index contributed by atoms with van der Waals surface area (Å²) in [6, 6.07) is 5.32. The summed E-state index contributed by atoms with van der Waals surface area (Å²) in [6.45, 7) is 7.34. The molecule has 0 fully saturated rings. The van der Waals surface area contributed by atoms with Crippen molar-refractivity contribution in [3.05, 3.63) is 29.6 Å². The van der Waals surface area contributed by atoms with Gasteiger partial charge in [0.25, 0.3) is 0 Å². The van der Waals surface area contributed by atoms with Crippen molar-refractivity contribution in [1.82, 2.24) is 5.32 Å². The summed E-state index contributed by atoms with van der Waals surface area (Å²) in [5, 5.41) is 3.12. The Morgan fingerprint density at radius 3 is 2.50 bits per heavy atom. The zero-order chi connectivity index (χ0) is 13.7. The first-order valence-electron chi connectivity index (χ1n) is 6.64. The highest BCUT2D eigenvalue weighted by Gasteiger charge is 2.16. The lowest BCUT2D eigenvalue weighted by molar-refractivity contribution is 0.555. The minimum absolute atomic E-state index is 0.0164. The molecule has 0 spiro atoms. The van der Waals surface area contributed by atoms with Gasteiger partial charge in [0.2, 0.25) is 0 Å². The molecule has 0 amide bonds. The molecule has 102 valence electrons. The third-order valence-corrected chi connectivity index (χ3v) is 3.35. The smallest absolute Gasteiger partial charge is 0.130 e. The second-order valence-corrected chi connectivity index (χ2v) is 5.29. The Hall–Kier alpha value is -1.09. The minimum atomic E-state index is -0.134. The fourth-order valence-corrected chi connectivity index (χ4v) is 2.00. The molecule has 0 aliphatic carbocycles. The van der Waals surface area contributed by atoms with Gasteiger partial charge >= 0.3 is 0 Å². The molecule has 0 heterocycles. The van der Waals surface area contributed by atoms with Crippen molar-refractivity contribution >= 4 is 5.69 Å². The molecular formula is C15H25FN2. The summed E-state index contributed by atoms with van der Waals surface area (Å²) < 4.78 is 14.0. The van der Waals surface area contributed by atoms with Gasteiger partial charge in [0.05, 0.1) is 0 Å². The van der Waals surface area contributed by atoms with Gasteiger partial charge in [-0.15, -0.1) is 0 Å². The van der Waals surface area contributed by atoms with Crippen molar-refractivity contribution in [2.45, 2.75) is 33.2 Å². The fraction of sp³-hybridized carbons (Fsp3) is 0.600. The quantitative estimate of drug-likeness (QED) is 0.832. The molecule has 1 atom stereocenters. The van der Waals surface area contributed by atoms with Gasteiger partial charge in [-0.3, -0.25) is 0 Å². The van der Waals surface area contributed by atoms with Crippen LogP contribution in [0.25, 0.3) is 0 Å². The van der Waals surface area contributed by atoms with E-state index < -0.39 is 0 Å². The number of benzene rings is 1. The van der Waals surface area contributed by atoms with E-state index in [1.807, 2.05) is 27.1 Å². The number of nitrogens with zero attached hydrogens (tertiary/aromatic N) is 1. The van der Waals surface area contributed by atoms with Crippen molar-refractivity contribution in [3.63, 3.8) is 0 Å². The summed E-state index contributed by atoms with van der Waals surface area (Å²) >= 11 is 0. The lowest BCUT2D eigenvalue weighted by Crippen LogP contribution is -2.24. The molecule has 1 rings (SSSR count). The number of halogens is 1. The first kappa shape index (κ1) is 15.0.